The van der Waals surface area contributed by atoms with Crippen molar-refractivity contribution in [1.29, 1.82) is 5.26 Å². The lowest BCUT2D eigenvalue weighted by Crippen LogP contribution is -2.46. The molecule has 188 valence electrons. The summed E-state index contributed by atoms with van der Waals surface area (Å²) in [6, 6.07) is 23.5. The molecule has 1 aliphatic heterocycles. The number of likely N-dealkylation sites (N-methyl/N-ethyl adjacent to an activating group) is 1. The summed E-state index contributed by atoms with van der Waals surface area (Å²) in [7, 11) is 2.00. The molecule has 36 heavy (non-hydrogen) atoms. The first-order valence-corrected chi connectivity index (χ1v) is 13.0. The van der Waals surface area contributed by atoms with Gasteiger partial charge in [-0.05, 0) is 68.3 Å². The average Bonchev–Trinajstić information content (AvgIpc) is 2.91. The number of anilines is 2. The van der Waals surface area contributed by atoms with Gasteiger partial charge in [0.25, 0.3) is 0 Å². The van der Waals surface area contributed by atoms with Gasteiger partial charge in [0.2, 0.25) is 0 Å². The SMILES string of the molecule is CNCCN(CCc1cc(CN2CCN(c3ccccc3C#N)CC2)ccc1C)c1cccc(C)n1. The third-order valence-corrected chi connectivity index (χ3v) is 7.04. The molecule has 1 aromatic heterocycles. The largest absolute Gasteiger partial charge is 0.368 e. The van der Waals surface area contributed by atoms with Crippen LogP contribution < -0.4 is 15.1 Å². The van der Waals surface area contributed by atoms with Gasteiger partial charge in [0, 0.05) is 58.1 Å². The summed E-state index contributed by atoms with van der Waals surface area (Å²) in [5.41, 5.74) is 7.01. The van der Waals surface area contributed by atoms with E-state index in [1.165, 1.54) is 16.7 Å². The maximum atomic E-state index is 9.44. The Balaban J connectivity index is 1.37. The number of piperazine rings is 1. The van der Waals surface area contributed by atoms with E-state index >= 15 is 0 Å². The number of pyridine rings is 1. The fraction of sp³-hybridized carbons (Fsp3) is 0.400. The quantitative estimate of drug-likeness (QED) is 0.468. The fourth-order valence-electron chi connectivity index (χ4n) is 4.89. The highest BCUT2D eigenvalue weighted by atomic mass is 15.3. The monoisotopic (exact) mass is 482 g/mol. The minimum absolute atomic E-state index is 0.763. The van der Waals surface area contributed by atoms with Crippen molar-refractivity contribution in [1.82, 2.24) is 15.2 Å². The maximum Gasteiger partial charge on any atom is 0.128 e. The number of aromatic nitrogens is 1. The average molecular weight is 483 g/mol. The van der Waals surface area contributed by atoms with Crippen LogP contribution in [0.5, 0.6) is 0 Å². The van der Waals surface area contributed by atoms with Crippen molar-refractivity contribution in [2.45, 2.75) is 26.8 Å². The number of nitrogens with zero attached hydrogens (tertiary/aromatic N) is 5. The second kappa shape index (κ2) is 12.5. The van der Waals surface area contributed by atoms with E-state index in [2.05, 4.69) is 82.4 Å². The van der Waals surface area contributed by atoms with Crippen LogP contribution in [-0.4, -0.2) is 62.7 Å². The molecule has 1 fully saturated rings. The summed E-state index contributed by atoms with van der Waals surface area (Å²) < 4.78 is 0. The maximum absolute atomic E-state index is 9.44. The zero-order valence-electron chi connectivity index (χ0n) is 21.9. The van der Waals surface area contributed by atoms with Gasteiger partial charge in [-0.1, -0.05) is 36.4 Å². The molecular formula is C30H38N6. The number of para-hydroxylation sites is 1. The first kappa shape index (κ1) is 25.7. The standard InChI is InChI=1S/C30H38N6/c1-24-11-12-26(23-34-17-19-35(20-18-34)29-9-5-4-8-28(29)22-31)21-27(24)13-15-36(16-14-32-3)30-10-6-7-25(2)33-30/h4-12,21,32H,13-20,23H2,1-3H3. The van der Waals surface area contributed by atoms with Crippen molar-refractivity contribution in [3.8, 4) is 6.07 Å². The van der Waals surface area contributed by atoms with Gasteiger partial charge in [0.15, 0.2) is 0 Å². The minimum Gasteiger partial charge on any atom is -0.368 e. The smallest absolute Gasteiger partial charge is 0.128 e. The van der Waals surface area contributed by atoms with Gasteiger partial charge in [-0.3, -0.25) is 4.90 Å². The molecule has 0 unspecified atom stereocenters. The van der Waals surface area contributed by atoms with Crippen LogP contribution in [0.25, 0.3) is 0 Å². The van der Waals surface area contributed by atoms with Crippen LogP contribution in [0.1, 0.15) is 27.9 Å². The van der Waals surface area contributed by atoms with E-state index < -0.39 is 0 Å². The lowest BCUT2D eigenvalue weighted by Gasteiger charge is -2.36. The Morgan fingerprint density at radius 2 is 1.78 bits per heavy atom. The van der Waals surface area contributed by atoms with Gasteiger partial charge in [0.05, 0.1) is 11.3 Å². The molecule has 0 radical (unpaired) electrons. The molecule has 0 bridgehead atoms. The summed E-state index contributed by atoms with van der Waals surface area (Å²) in [4.78, 5) is 12.0. The Hall–Kier alpha value is -3.40. The van der Waals surface area contributed by atoms with Crippen LogP contribution in [0, 0.1) is 25.2 Å². The predicted octanol–water partition coefficient (Wildman–Crippen LogP) is 4.16. The van der Waals surface area contributed by atoms with Crippen LogP contribution in [0.4, 0.5) is 11.5 Å². The molecule has 1 aliphatic rings. The van der Waals surface area contributed by atoms with Gasteiger partial charge >= 0.3 is 0 Å². The van der Waals surface area contributed by atoms with E-state index in [4.69, 9.17) is 4.98 Å². The number of benzene rings is 2. The second-order valence-electron chi connectivity index (χ2n) is 9.63. The van der Waals surface area contributed by atoms with E-state index in [1.54, 1.807) is 0 Å². The number of nitriles is 1. The zero-order chi connectivity index (χ0) is 25.3. The molecule has 1 saturated heterocycles. The van der Waals surface area contributed by atoms with Crippen LogP contribution in [0.15, 0.2) is 60.7 Å². The number of aryl methyl sites for hydroxylation is 2. The van der Waals surface area contributed by atoms with Crippen LogP contribution in [0.2, 0.25) is 0 Å². The summed E-state index contributed by atoms with van der Waals surface area (Å²) in [6.07, 6.45) is 0.998. The highest BCUT2D eigenvalue weighted by Crippen LogP contribution is 2.22. The summed E-state index contributed by atoms with van der Waals surface area (Å²) in [5.74, 6) is 1.05. The van der Waals surface area contributed by atoms with E-state index in [1.807, 2.05) is 25.2 Å². The highest BCUT2D eigenvalue weighted by molar-refractivity contribution is 5.59. The first-order chi connectivity index (χ1) is 17.6. The Bertz CT molecular complexity index is 1180. The van der Waals surface area contributed by atoms with Crippen molar-refractivity contribution < 1.29 is 0 Å². The lowest BCUT2D eigenvalue weighted by molar-refractivity contribution is 0.250. The molecule has 2 aromatic carbocycles. The molecule has 0 spiro atoms. The van der Waals surface area contributed by atoms with Gasteiger partial charge in [-0.2, -0.15) is 5.26 Å². The lowest BCUT2D eigenvalue weighted by atomic mass is 10.0. The Morgan fingerprint density at radius 1 is 0.972 bits per heavy atom. The van der Waals surface area contributed by atoms with Crippen molar-refractivity contribution in [2.24, 2.45) is 0 Å². The molecule has 4 rings (SSSR count). The summed E-state index contributed by atoms with van der Waals surface area (Å²) in [5, 5.41) is 12.7. The third-order valence-electron chi connectivity index (χ3n) is 7.04. The van der Waals surface area contributed by atoms with E-state index in [0.717, 1.165) is 81.5 Å². The molecule has 2 heterocycles. The minimum atomic E-state index is 0.763. The molecule has 3 aromatic rings. The van der Waals surface area contributed by atoms with Gasteiger partial charge in [-0.15, -0.1) is 0 Å². The van der Waals surface area contributed by atoms with E-state index in [9.17, 15) is 5.26 Å². The summed E-state index contributed by atoms with van der Waals surface area (Å²) in [6.45, 7) is 11.9. The first-order valence-electron chi connectivity index (χ1n) is 13.0. The van der Waals surface area contributed by atoms with Crippen LogP contribution in [-0.2, 0) is 13.0 Å². The summed E-state index contributed by atoms with van der Waals surface area (Å²) >= 11 is 0. The van der Waals surface area contributed by atoms with Crippen molar-refractivity contribution in [3.63, 3.8) is 0 Å². The molecule has 1 N–H and O–H groups in total. The number of hydrogen-bond donors (Lipinski definition) is 1. The molecule has 0 aliphatic carbocycles. The number of nitrogens with one attached hydrogen (secondary N) is 1. The Labute approximate surface area is 216 Å². The topological polar surface area (TPSA) is 58.4 Å². The van der Waals surface area contributed by atoms with Crippen molar-refractivity contribution >= 4 is 11.5 Å². The van der Waals surface area contributed by atoms with Crippen molar-refractivity contribution in [2.75, 3.05) is 62.7 Å². The molecule has 0 saturated carbocycles. The zero-order valence-corrected chi connectivity index (χ0v) is 21.9. The van der Waals surface area contributed by atoms with E-state index in [-0.39, 0.29) is 0 Å². The third kappa shape index (κ3) is 6.63. The highest BCUT2D eigenvalue weighted by Gasteiger charge is 2.19. The predicted molar refractivity (Wildman–Crippen MR) is 149 cm³/mol. The number of rotatable bonds is 10. The van der Waals surface area contributed by atoms with Crippen LogP contribution in [0.3, 0.4) is 0 Å². The normalized spacial score (nSPS) is 14.0. The second-order valence-corrected chi connectivity index (χ2v) is 9.63. The molecular weight excluding hydrogens is 444 g/mol. The molecule has 6 nitrogen and oxygen atoms in total. The fourth-order valence-corrected chi connectivity index (χ4v) is 4.89. The van der Waals surface area contributed by atoms with E-state index in [0.29, 0.717) is 0 Å². The Kier molecular flexibility index (Phi) is 8.94. The molecule has 6 heteroatoms. The van der Waals surface area contributed by atoms with Gasteiger partial charge in [-0.25, -0.2) is 4.98 Å². The van der Waals surface area contributed by atoms with Gasteiger partial charge < -0.3 is 15.1 Å². The Morgan fingerprint density at radius 3 is 2.53 bits per heavy atom. The van der Waals surface area contributed by atoms with Crippen LogP contribution >= 0.6 is 0 Å². The molecule has 0 amide bonds. The van der Waals surface area contributed by atoms with Gasteiger partial charge in [0.1, 0.15) is 11.9 Å². The molecule has 0 atom stereocenters. The van der Waals surface area contributed by atoms with Crippen molar-refractivity contribution in [3.05, 3.63) is 88.6 Å². The number of hydrogen-bond acceptors (Lipinski definition) is 6.